The van der Waals surface area contributed by atoms with Crippen LogP contribution in [0, 0.1) is 5.82 Å². The van der Waals surface area contributed by atoms with Gasteiger partial charge in [0.15, 0.2) is 6.17 Å². The van der Waals surface area contributed by atoms with Crippen LogP contribution < -0.4 is 0 Å². The molecule has 0 radical (unpaired) electrons. The molecule has 8 heteroatoms. The number of benzene rings is 2. The topological polar surface area (TPSA) is 49.9 Å². The molecule has 2 aromatic carbocycles. The van der Waals surface area contributed by atoms with Gasteiger partial charge in [-0.15, -0.1) is 11.3 Å². The van der Waals surface area contributed by atoms with E-state index in [0.717, 1.165) is 14.2 Å². The lowest BCUT2D eigenvalue weighted by molar-refractivity contribution is -0.201. The molecule has 2 heterocycles. The first kappa shape index (κ1) is 19.8. The maximum absolute atomic E-state index is 14.2. The van der Waals surface area contributed by atoms with Crippen molar-refractivity contribution in [1.29, 1.82) is 0 Å². The molecule has 0 N–H and O–H groups in total. The van der Waals surface area contributed by atoms with Crippen molar-refractivity contribution in [2.45, 2.75) is 12.8 Å². The van der Waals surface area contributed by atoms with E-state index in [1.54, 1.807) is 6.07 Å². The number of carbonyl (C=O) groups excluding carboxylic acids is 2. The molecule has 1 fully saturated rings. The van der Waals surface area contributed by atoms with E-state index in [1.807, 2.05) is 42.5 Å². The molecule has 2 amide bonds. The number of halogens is 2. The second-order valence-electron chi connectivity index (χ2n) is 6.41. The average Bonchev–Trinajstić information content (AvgIpc) is 3.29. The van der Waals surface area contributed by atoms with Crippen molar-refractivity contribution < 1.29 is 18.8 Å². The second-order valence-corrected chi connectivity index (χ2v) is 8.90. The van der Waals surface area contributed by atoms with E-state index in [4.69, 9.17) is 4.84 Å². The smallest absolute Gasteiger partial charge is 0.268 e. The lowest BCUT2D eigenvalue weighted by atomic mass is 10.2. The summed E-state index contributed by atoms with van der Waals surface area (Å²) >= 11 is 4.80. The van der Waals surface area contributed by atoms with Crippen molar-refractivity contribution in [3.05, 3.63) is 92.3 Å². The summed E-state index contributed by atoms with van der Waals surface area (Å²) in [6, 6.07) is 18.8. The molecule has 29 heavy (non-hydrogen) atoms. The molecule has 4 rings (SSSR count). The number of nitrogens with zero attached hydrogens (tertiary/aromatic N) is 2. The summed E-state index contributed by atoms with van der Waals surface area (Å²) in [6.07, 6.45) is -0.769. The van der Waals surface area contributed by atoms with Crippen LogP contribution in [0.2, 0.25) is 0 Å². The van der Waals surface area contributed by atoms with Crippen molar-refractivity contribution in [3.63, 3.8) is 0 Å². The Balaban J connectivity index is 1.65. The fourth-order valence-corrected chi connectivity index (χ4v) is 4.65. The highest BCUT2D eigenvalue weighted by molar-refractivity contribution is 9.11. The normalized spacial score (nSPS) is 16.5. The zero-order valence-electron chi connectivity index (χ0n) is 15.1. The third kappa shape index (κ3) is 4.10. The van der Waals surface area contributed by atoms with Crippen molar-refractivity contribution in [3.8, 4) is 0 Å². The molecule has 3 aromatic rings. The van der Waals surface area contributed by atoms with E-state index in [2.05, 4.69) is 15.9 Å². The fourth-order valence-electron chi connectivity index (χ4n) is 3.13. The minimum atomic E-state index is -0.769. The fraction of sp³-hybridized carbons (Fsp3) is 0.143. The van der Waals surface area contributed by atoms with Gasteiger partial charge in [-0.25, -0.2) is 4.39 Å². The summed E-state index contributed by atoms with van der Waals surface area (Å²) in [6.45, 7) is -0.0144. The molecule has 0 saturated carbocycles. The molecule has 1 aliphatic rings. The Bertz CT molecular complexity index is 1040. The minimum Gasteiger partial charge on any atom is -0.302 e. The van der Waals surface area contributed by atoms with Crippen LogP contribution in [0.4, 0.5) is 4.39 Å². The van der Waals surface area contributed by atoms with Crippen LogP contribution in [0.25, 0.3) is 0 Å². The van der Waals surface area contributed by atoms with E-state index < -0.39 is 17.9 Å². The highest BCUT2D eigenvalue weighted by Gasteiger charge is 2.44. The summed E-state index contributed by atoms with van der Waals surface area (Å²) in [5, 5.41) is 1.21. The Morgan fingerprint density at radius 3 is 2.52 bits per heavy atom. The zero-order chi connectivity index (χ0) is 20.4. The standard InChI is InChI=1S/C21H16BrFN2O3S/c22-18-11-10-17(29-18)20-24(21(27)15-8-4-5-9-16(15)23)12-19(26)25(20)28-13-14-6-2-1-3-7-14/h1-11,20H,12-13H2. The van der Waals surface area contributed by atoms with Crippen molar-refractivity contribution in [2.75, 3.05) is 6.54 Å². The third-order valence-corrected chi connectivity index (χ3v) is 6.16. The molecule has 1 aromatic heterocycles. The van der Waals surface area contributed by atoms with Gasteiger partial charge < -0.3 is 4.90 Å². The minimum absolute atomic E-state index is 0.0779. The Morgan fingerprint density at radius 2 is 1.83 bits per heavy atom. The van der Waals surface area contributed by atoms with Gasteiger partial charge in [-0.2, -0.15) is 5.06 Å². The summed E-state index contributed by atoms with van der Waals surface area (Å²) in [5.74, 6) is -1.54. The molecular formula is C21H16BrFN2O3S. The van der Waals surface area contributed by atoms with E-state index in [1.165, 1.54) is 39.5 Å². The van der Waals surface area contributed by atoms with Gasteiger partial charge in [0.05, 0.1) is 14.2 Å². The quantitative estimate of drug-likeness (QED) is 0.535. The Labute approximate surface area is 179 Å². The first-order chi connectivity index (χ1) is 14.0. The summed E-state index contributed by atoms with van der Waals surface area (Å²) in [7, 11) is 0. The second kappa shape index (κ2) is 8.44. The predicted octanol–water partition coefficient (Wildman–Crippen LogP) is 4.76. The number of hydroxylamine groups is 2. The number of hydrogen-bond acceptors (Lipinski definition) is 4. The molecule has 0 bridgehead atoms. The Morgan fingerprint density at radius 1 is 1.10 bits per heavy atom. The van der Waals surface area contributed by atoms with Crippen molar-refractivity contribution >= 4 is 39.1 Å². The predicted molar refractivity (Wildman–Crippen MR) is 110 cm³/mol. The Kier molecular flexibility index (Phi) is 5.75. The van der Waals surface area contributed by atoms with Crippen LogP contribution >= 0.6 is 27.3 Å². The number of hydrogen-bond donors (Lipinski definition) is 0. The third-order valence-electron chi connectivity index (χ3n) is 4.50. The first-order valence-corrected chi connectivity index (χ1v) is 10.4. The molecule has 1 saturated heterocycles. The number of thiophene rings is 1. The van der Waals surface area contributed by atoms with Crippen LogP contribution in [-0.2, 0) is 16.2 Å². The molecule has 1 unspecified atom stereocenters. The van der Waals surface area contributed by atoms with Crippen LogP contribution in [0.5, 0.6) is 0 Å². The monoisotopic (exact) mass is 474 g/mol. The maximum Gasteiger partial charge on any atom is 0.268 e. The van der Waals surface area contributed by atoms with E-state index in [-0.39, 0.29) is 24.6 Å². The summed E-state index contributed by atoms with van der Waals surface area (Å²) < 4.78 is 15.1. The van der Waals surface area contributed by atoms with Gasteiger partial charge in [0.2, 0.25) is 0 Å². The van der Waals surface area contributed by atoms with Crippen LogP contribution in [0.3, 0.4) is 0 Å². The SMILES string of the molecule is O=C(c1ccccc1F)N1CC(=O)N(OCc2ccccc2)C1c1ccc(Br)s1. The van der Waals surface area contributed by atoms with E-state index in [9.17, 15) is 14.0 Å². The maximum atomic E-state index is 14.2. The lowest BCUT2D eigenvalue weighted by Crippen LogP contribution is -2.35. The number of carbonyl (C=O) groups is 2. The average molecular weight is 475 g/mol. The number of amides is 2. The molecule has 0 spiro atoms. The summed E-state index contributed by atoms with van der Waals surface area (Å²) in [5.41, 5.74) is 0.816. The molecule has 1 aliphatic heterocycles. The van der Waals surface area contributed by atoms with Gasteiger partial charge in [0, 0.05) is 0 Å². The summed E-state index contributed by atoms with van der Waals surface area (Å²) in [4.78, 5) is 33.7. The van der Waals surface area contributed by atoms with E-state index >= 15 is 0 Å². The molecular weight excluding hydrogens is 459 g/mol. The van der Waals surface area contributed by atoms with Gasteiger partial charge in [-0.05, 0) is 45.8 Å². The van der Waals surface area contributed by atoms with Crippen LogP contribution in [-0.4, -0.2) is 28.3 Å². The zero-order valence-corrected chi connectivity index (χ0v) is 17.5. The highest BCUT2D eigenvalue weighted by Crippen LogP contribution is 2.38. The van der Waals surface area contributed by atoms with Crippen molar-refractivity contribution in [2.24, 2.45) is 0 Å². The van der Waals surface area contributed by atoms with Gasteiger partial charge in [0.25, 0.3) is 11.8 Å². The van der Waals surface area contributed by atoms with Crippen LogP contribution in [0.1, 0.15) is 27.0 Å². The first-order valence-electron chi connectivity index (χ1n) is 8.84. The Hall–Kier alpha value is -2.55. The molecule has 0 aliphatic carbocycles. The van der Waals surface area contributed by atoms with Crippen LogP contribution in [0.15, 0.2) is 70.5 Å². The van der Waals surface area contributed by atoms with Gasteiger partial charge in [-0.3, -0.25) is 14.4 Å². The lowest BCUT2D eigenvalue weighted by Gasteiger charge is -2.28. The highest BCUT2D eigenvalue weighted by atomic mass is 79.9. The molecule has 1 atom stereocenters. The van der Waals surface area contributed by atoms with E-state index in [0.29, 0.717) is 0 Å². The molecule has 5 nitrogen and oxygen atoms in total. The largest absolute Gasteiger partial charge is 0.302 e. The van der Waals surface area contributed by atoms with Crippen molar-refractivity contribution in [1.82, 2.24) is 9.96 Å². The van der Waals surface area contributed by atoms with Gasteiger partial charge in [0.1, 0.15) is 19.0 Å². The number of rotatable bonds is 5. The van der Waals surface area contributed by atoms with Gasteiger partial charge >= 0.3 is 0 Å². The molecule has 148 valence electrons. The van der Waals surface area contributed by atoms with Gasteiger partial charge in [-0.1, -0.05) is 42.5 Å².